The monoisotopic (exact) mass is 367 g/mol. The van der Waals surface area contributed by atoms with Crippen molar-refractivity contribution in [3.05, 3.63) is 53.6 Å². The molecule has 0 saturated heterocycles. The van der Waals surface area contributed by atoms with E-state index in [1.807, 2.05) is 19.1 Å². The van der Waals surface area contributed by atoms with Crippen molar-refractivity contribution in [2.24, 2.45) is 0 Å². The summed E-state index contributed by atoms with van der Waals surface area (Å²) < 4.78 is 11.2. The number of para-hydroxylation sites is 1. The van der Waals surface area contributed by atoms with Gasteiger partial charge in [-0.15, -0.1) is 0 Å². The number of imide groups is 1. The number of benzene rings is 2. The van der Waals surface area contributed by atoms with Crippen molar-refractivity contribution in [1.82, 2.24) is 0 Å². The van der Waals surface area contributed by atoms with Crippen LogP contribution in [0.2, 0.25) is 0 Å². The predicted molar refractivity (Wildman–Crippen MR) is 105 cm³/mol. The number of hydrogen-bond donors (Lipinski definition) is 0. The minimum atomic E-state index is -0.662. The largest absolute Gasteiger partial charge is 0.497 e. The molecule has 0 spiro atoms. The summed E-state index contributed by atoms with van der Waals surface area (Å²) in [5.41, 5.74) is 1.97. The summed E-state index contributed by atoms with van der Waals surface area (Å²) in [7, 11) is 1.57. The van der Waals surface area contributed by atoms with E-state index in [-0.39, 0.29) is 17.7 Å². The number of amides is 2. The minimum Gasteiger partial charge on any atom is -0.497 e. The van der Waals surface area contributed by atoms with Crippen LogP contribution in [-0.2, 0) is 4.79 Å². The molecular weight excluding hydrogens is 342 g/mol. The van der Waals surface area contributed by atoms with Crippen LogP contribution in [0.25, 0.3) is 0 Å². The Kier molecular flexibility index (Phi) is 5.49. The molecule has 2 aromatic rings. The number of fused-ring (bicyclic) bond motifs is 1. The second-order valence-electron chi connectivity index (χ2n) is 6.73. The molecule has 0 bridgehead atoms. The van der Waals surface area contributed by atoms with Crippen LogP contribution >= 0.6 is 0 Å². The second-order valence-corrected chi connectivity index (χ2v) is 6.73. The fraction of sp³-hybridized carbons (Fsp3) is 0.364. The number of anilines is 1. The lowest BCUT2D eigenvalue weighted by atomic mass is 9.95. The molecule has 2 aromatic carbocycles. The molecular formula is C22H25NO4. The maximum Gasteiger partial charge on any atom is 0.275 e. The summed E-state index contributed by atoms with van der Waals surface area (Å²) in [5, 5.41) is 0. The molecule has 2 amide bonds. The fourth-order valence-electron chi connectivity index (χ4n) is 3.24. The van der Waals surface area contributed by atoms with Gasteiger partial charge in [0.2, 0.25) is 0 Å². The van der Waals surface area contributed by atoms with Crippen LogP contribution in [0.15, 0.2) is 42.5 Å². The Labute approximate surface area is 159 Å². The van der Waals surface area contributed by atoms with Gasteiger partial charge in [-0.25, -0.2) is 4.90 Å². The molecule has 5 heteroatoms. The highest BCUT2D eigenvalue weighted by atomic mass is 16.5. The van der Waals surface area contributed by atoms with Crippen LogP contribution in [0.4, 0.5) is 5.69 Å². The van der Waals surface area contributed by atoms with Crippen molar-refractivity contribution in [1.29, 1.82) is 0 Å². The number of rotatable bonds is 5. The Bertz CT molecular complexity index is 844. The molecule has 3 rings (SSSR count). The van der Waals surface area contributed by atoms with Crippen molar-refractivity contribution < 1.29 is 19.1 Å². The first-order chi connectivity index (χ1) is 13.0. The van der Waals surface area contributed by atoms with Crippen molar-refractivity contribution in [2.45, 2.75) is 45.6 Å². The molecule has 0 saturated carbocycles. The van der Waals surface area contributed by atoms with Crippen LogP contribution in [0, 0.1) is 0 Å². The van der Waals surface area contributed by atoms with E-state index >= 15 is 0 Å². The van der Waals surface area contributed by atoms with Gasteiger partial charge in [-0.3, -0.25) is 9.59 Å². The third-order valence-corrected chi connectivity index (χ3v) is 5.08. The zero-order valence-corrected chi connectivity index (χ0v) is 16.2. The van der Waals surface area contributed by atoms with E-state index in [0.717, 1.165) is 12.0 Å². The Balaban J connectivity index is 2.09. The second kappa shape index (κ2) is 7.82. The molecule has 142 valence electrons. The highest BCUT2D eigenvalue weighted by Crippen LogP contribution is 2.42. The lowest BCUT2D eigenvalue weighted by Gasteiger charge is -2.34. The van der Waals surface area contributed by atoms with Gasteiger partial charge in [0.25, 0.3) is 11.8 Å². The standard InChI is InChI=1S/C22H25NO4/c1-5-14(3)17-8-7-9-18-20(17)27-19(6-2)22(25)23(18)21(24)15-10-12-16(26-4)13-11-15/h7-14,19H,5-6H2,1-4H3. The van der Waals surface area contributed by atoms with Gasteiger partial charge in [0.1, 0.15) is 11.5 Å². The Morgan fingerprint density at radius 2 is 1.89 bits per heavy atom. The third-order valence-electron chi connectivity index (χ3n) is 5.08. The van der Waals surface area contributed by atoms with Crippen molar-refractivity contribution in [2.75, 3.05) is 12.0 Å². The SMILES string of the molecule is CCC1Oc2c(C(C)CC)cccc2N(C(=O)c2ccc(OC)cc2)C1=O. The van der Waals surface area contributed by atoms with Gasteiger partial charge in [0, 0.05) is 5.56 Å². The maximum atomic E-state index is 13.2. The number of carbonyl (C=O) groups excluding carboxylic acids is 2. The predicted octanol–water partition coefficient (Wildman–Crippen LogP) is 4.55. The number of methoxy groups -OCH3 is 1. The maximum absolute atomic E-state index is 13.2. The van der Waals surface area contributed by atoms with E-state index in [1.165, 1.54) is 4.90 Å². The summed E-state index contributed by atoms with van der Waals surface area (Å²) in [4.78, 5) is 27.4. The normalized spacial score (nSPS) is 17.1. The highest BCUT2D eigenvalue weighted by molar-refractivity contribution is 6.23. The first-order valence-electron chi connectivity index (χ1n) is 9.33. The van der Waals surface area contributed by atoms with Crippen LogP contribution in [-0.4, -0.2) is 25.0 Å². The average Bonchev–Trinajstić information content (AvgIpc) is 2.71. The Hall–Kier alpha value is -2.82. The number of nitrogens with zero attached hydrogens (tertiary/aromatic N) is 1. The van der Waals surface area contributed by atoms with Crippen LogP contribution < -0.4 is 14.4 Å². The zero-order chi connectivity index (χ0) is 19.6. The molecule has 0 radical (unpaired) electrons. The van der Waals surface area contributed by atoms with Crippen molar-refractivity contribution in [3.8, 4) is 11.5 Å². The fourth-order valence-corrected chi connectivity index (χ4v) is 3.24. The van der Waals surface area contributed by atoms with Gasteiger partial charge in [0.05, 0.1) is 12.8 Å². The summed E-state index contributed by atoms with van der Waals surface area (Å²) in [5.74, 6) is 0.883. The first-order valence-corrected chi connectivity index (χ1v) is 9.33. The van der Waals surface area contributed by atoms with E-state index in [4.69, 9.17) is 9.47 Å². The third kappa shape index (κ3) is 3.42. The molecule has 1 aliphatic heterocycles. The number of carbonyl (C=O) groups is 2. The lowest BCUT2D eigenvalue weighted by molar-refractivity contribution is -0.125. The Morgan fingerprint density at radius 1 is 1.19 bits per heavy atom. The van der Waals surface area contributed by atoms with Gasteiger partial charge in [-0.2, -0.15) is 0 Å². The lowest BCUT2D eigenvalue weighted by Crippen LogP contribution is -2.49. The molecule has 2 atom stereocenters. The molecule has 0 fully saturated rings. The first kappa shape index (κ1) is 19.0. The number of ether oxygens (including phenoxy) is 2. The van der Waals surface area contributed by atoms with Crippen LogP contribution in [0.1, 0.15) is 55.5 Å². The molecule has 1 aliphatic rings. The summed E-state index contributed by atoms with van der Waals surface area (Å²) in [6, 6.07) is 12.4. The molecule has 5 nitrogen and oxygen atoms in total. The molecule has 0 aromatic heterocycles. The molecule has 1 heterocycles. The average molecular weight is 367 g/mol. The summed E-state index contributed by atoms with van der Waals surface area (Å²) in [6.07, 6.45) is 0.779. The van der Waals surface area contributed by atoms with Crippen molar-refractivity contribution >= 4 is 17.5 Å². The molecule has 0 N–H and O–H groups in total. The van der Waals surface area contributed by atoms with Gasteiger partial charge >= 0.3 is 0 Å². The molecule has 27 heavy (non-hydrogen) atoms. The topological polar surface area (TPSA) is 55.8 Å². The molecule has 0 aliphatic carbocycles. The Morgan fingerprint density at radius 3 is 2.48 bits per heavy atom. The van der Waals surface area contributed by atoms with Crippen molar-refractivity contribution in [3.63, 3.8) is 0 Å². The van der Waals surface area contributed by atoms with E-state index in [1.54, 1.807) is 37.4 Å². The van der Waals surface area contributed by atoms with E-state index < -0.39 is 6.10 Å². The summed E-state index contributed by atoms with van der Waals surface area (Å²) >= 11 is 0. The van der Waals surface area contributed by atoms with Gasteiger partial charge in [-0.1, -0.05) is 32.9 Å². The molecule has 2 unspecified atom stereocenters. The van der Waals surface area contributed by atoms with Crippen LogP contribution in [0.3, 0.4) is 0 Å². The van der Waals surface area contributed by atoms with E-state index in [0.29, 0.717) is 29.2 Å². The highest BCUT2D eigenvalue weighted by Gasteiger charge is 2.39. The van der Waals surface area contributed by atoms with Gasteiger partial charge < -0.3 is 9.47 Å². The van der Waals surface area contributed by atoms with E-state index in [9.17, 15) is 9.59 Å². The van der Waals surface area contributed by atoms with Gasteiger partial charge in [-0.05, 0) is 54.7 Å². The summed E-state index contributed by atoms with van der Waals surface area (Å²) in [6.45, 7) is 6.11. The smallest absolute Gasteiger partial charge is 0.275 e. The quantitative estimate of drug-likeness (QED) is 0.727. The van der Waals surface area contributed by atoms with Crippen LogP contribution in [0.5, 0.6) is 11.5 Å². The zero-order valence-electron chi connectivity index (χ0n) is 16.2. The van der Waals surface area contributed by atoms with E-state index in [2.05, 4.69) is 13.8 Å². The minimum absolute atomic E-state index is 0.267. The number of hydrogen-bond acceptors (Lipinski definition) is 4. The van der Waals surface area contributed by atoms with Gasteiger partial charge in [0.15, 0.2) is 6.10 Å².